The molecule has 3 N–H and O–H groups in total. The molecule has 1 amide bonds. The van der Waals surface area contributed by atoms with Gasteiger partial charge in [0.05, 0.1) is 0 Å². The van der Waals surface area contributed by atoms with E-state index in [-0.39, 0.29) is 24.2 Å². The molecule has 20 heavy (non-hydrogen) atoms. The van der Waals surface area contributed by atoms with E-state index in [1.54, 1.807) is 0 Å². The zero-order chi connectivity index (χ0) is 13.7. The van der Waals surface area contributed by atoms with Crippen LogP contribution in [0.4, 0.5) is 5.69 Å². The first kappa shape index (κ1) is 17.3. The van der Waals surface area contributed by atoms with Crippen molar-refractivity contribution in [2.75, 3.05) is 11.9 Å². The van der Waals surface area contributed by atoms with Crippen molar-refractivity contribution in [3.05, 3.63) is 24.3 Å². The molecule has 0 spiro atoms. The molecule has 1 aromatic carbocycles. The van der Waals surface area contributed by atoms with Crippen molar-refractivity contribution in [2.24, 2.45) is 11.7 Å². The van der Waals surface area contributed by atoms with Gasteiger partial charge in [0, 0.05) is 28.3 Å². The Bertz CT molecular complexity index is 418. The number of anilines is 1. The second-order valence-corrected chi connectivity index (χ2v) is 6.55. The lowest BCUT2D eigenvalue weighted by Crippen LogP contribution is -2.26. The van der Waals surface area contributed by atoms with Crippen molar-refractivity contribution in [1.82, 2.24) is 0 Å². The van der Waals surface area contributed by atoms with E-state index >= 15 is 0 Å². The zero-order valence-corrected chi connectivity index (χ0v) is 13.4. The minimum atomic E-state index is -0.146. The summed E-state index contributed by atoms with van der Waals surface area (Å²) in [5, 5.41) is 3.66. The van der Waals surface area contributed by atoms with Crippen molar-refractivity contribution in [3.63, 3.8) is 0 Å². The second-order valence-electron chi connectivity index (χ2n) is 5.17. The number of benzene rings is 1. The average molecular weight is 315 g/mol. The molecule has 0 radical (unpaired) electrons. The van der Waals surface area contributed by atoms with Crippen LogP contribution < -0.4 is 11.1 Å². The fourth-order valence-corrected chi connectivity index (χ4v) is 3.44. The highest BCUT2D eigenvalue weighted by Crippen LogP contribution is 2.34. The predicted octanol–water partition coefficient (Wildman–Crippen LogP) is 3.68. The van der Waals surface area contributed by atoms with Crippen LogP contribution in [0.3, 0.4) is 0 Å². The number of hydrogen-bond acceptors (Lipinski definition) is 3. The first-order valence-electron chi connectivity index (χ1n) is 6.96. The summed E-state index contributed by atoms with van der Waals surface area (Å²) in [5.74, 6) is -0.161. The maximum Gasteiger partial charge on any atom is 0.228 e. The van der Waals surface area contributed by atoms with E-state index in [1.807, 2.05) is 30.8 Å². The van der Waals surface area contributed by atoms with Crippen molar-refractivity contribution in [3.8, 4) is 0 Å². The highest BCUT2D eigenvalue weighted by atomic mass is 35.5. The molecule has 0 aliphatic heterocycles. The third kappa shape index (κ3) is 5.00. The van der Waals surface area contributed by atoms with Gasteiger partial charge in [-0.2, -0.15) is 0 Å². The van der Waals surface area contributed by atoms with Gasteiger partial charge in [0.25, 0.3) is 0 Å². The molecular weight excluding hydrogens is 292 g/mol. The number of carbonyl (C=O) groups is 1. The Morgan fingerprint density at radius 3 is 2.50 bits per heavy atom. The summed E-state index contributed by atoms with van der Waals surface area (Å²) < 4.78 is 0. The molecule has 0 heterocycles. The monoisotopic (exact) mass is 314 g/mol. The van der Waals surface area contributed by atoms with Crippen LogP contribution in [0.1, 0.15) is 32.6 Å². The molecule has 0 aromatic heterocycles. The Balaban J connectivity index is 0.00000200. The Kier molecular flexibility index (Phi) is 7.41. The summed E-state index contributed by atoms with van der Waals surface area (Å²) in [7, 11) is 0. The number of halogens is 1. The summed E-state index contributed by atoms with van der Waals surface area (Å²) >= 11 is 1.96. The summed E-state index contributed by atoms with van der Waals surface area (Å²) in [6, 6.07) is 8.12. The number of thioether (sulfide) groups is 1. The average Bonchev–Trinajstić information content (AvgIpc) is 2.93. The van der Waals surface area contributed by atoms with E-state index in [1.165, 1.54) is 30.6 Å². The Hall–Kier alpha value is -0.710. The fourth-order valence-electron chi connectivity index (χ4n) is 2.19. The van der Waals surface area contributed by atoms with Crippen molar-refractivity contribution < 1.29 is 4.79 Å². The number of rotatable bonds is 5. The largest absolute Gasteiger partial charge is 0.330 e. The molecule has 1 unspecified atom stereocenters. The van der Waals surface area contributed by atoms with Gasteiger partial charge in [-0.15, -0.1) is 24.2 Å². The van der Waals surface area contributed by atoms with Crippen LogP contribution in [0.2, 0.25) is 0 Å². The van der Waals surface area contributed by atoms with Gasteiger partial charge < -0.3 is 11.1 Å². The van der Waals surface area contributed by atoms with Gasteiger partial charge in [-0.25, -0.2) is 0 Å². The molecule has 1 atom stereocenters. The van der Waals surface area contributed by atoms with Crippen LogP contribution in [0, 0.1) is 5.92 Å². The third-order valence-corrected chi connectivity index (χ3v) is 4.88. The quantitative estimate of drug-likeness (QED) is 0.871. The maximum absolute atomic E-state index is 11.7. The topological polar surface area (TPSA) is 55.1 Å². The first-order valence-corrected chi connectivity index (χ1v) is 7.84. The normalized spacial score (nSPS) is 16.5. The highest BCUT2D eigenvalue weighted by Gasteiger charge is 2.16. The second kappa shape index (κ2) is 8.55. The lowest BCUT2D eigenvalue weighted by Gasteiger charge is -2.11. The number of nitrogens with one attached hydrogen (secondary N) is 1. The summed E-state index contributed by atoms with van der Waals surface area (Å²) in [5.41, 5.74) is 6.33. The maximum atomic E-state index is 11.7. The van der Waals surface area contributed by atoms with Crippen molar-refractivity contribution in [2.45, 2.75) is 42.8 Å². The van der Waals surface area contributed by atoms with Gasteiger partial charge in [0.15, 0.2) is 0 Å². The summed E-state index contributed by atoms with van der Waals surface area (Å²) in [4.78, 5) is 13.0. The zero-order valence-electron chi connectivity index (χ0n) is 11.8. The van der Waals surface area contributed by atoms with E-state index in [2.05, 4.69) is 17.4 Å². The van der Waals surface area contributed by atoms with Gasteiger partial charge in [0.1, 0.15) is 0 Å². The van der Waals surface area contributed by atoms with Crippen molar-refractivity contribution in [1.29, 1.82) is 0 Å². The van der Waals surface area contributed by atoms with Crippen LogP contribution in [-0.2, 0) is 4.79 Å². The van der Waals surface area contributed by atoms with E-state index in [0.29, 0.717) is 6.54 Å². The molecule has 1 aliphatic carbocycles. The van der Waals surface area contributed by atoms with Crippen LogP contribution in [0.5, 0.6) is 0 Å². The summed E-state index contributed by atoms with van der Waals surface area (Å²) in [6.07, 6.45) is 5.39. The number of amides is 1. The molecule has 1 aromatic rings. The molecule has 1 saturated carbocycles. The molecule has 112 valence electrons. The van der Waals surface area contributed by atoms with E-state index in [0.717, 1.165) is 10.9 Å². The van der Waals surface area contributed by atoms with Crippen LogP contribution in [-0.4, -0.2) is 17.7 Å². The standard InChI is InChI=1S/C15H22N2OS.ClH/c1-11(10-16)15(18)17-12-6-8-14(9-7-12)19-13-4-2-3-5-13;/h6-9,11,13H,2-5,10,16H2,1H3,(H,17,18);1H. The van der Waals surface area contributed by atoms with Crippen LogP contribution in [0.25, 0.3) is 0 Å². The van der Waals surface area contributed by atoms with Gasteiger partial charge >= 0.3 is 0 Å². The van der Waals surface area contributed by atoms with Crippen LogP contribution >= 0.6 is 24.2 Å². The van der Waals surface area contributed by atoms with Gasteiger partial charge in [-0.05, 0) is 37.1 Å². The van der Waals surface area contributed by atoms with Crippen molar-refractivity contribution >= 4 is 35.8 Å². The van der Waals surface area contributed by atoms with Gasteiger partial charge in [-0.1, -0.05) is 19.8 Å². The number of carbonyl (C=O) groups excluding carboxylic acids is 1. The van der Waals surface area contributed by atoms with E-state index < -0.39 is 0 Å². The molecule has 5 heteroatoms. The highest BCUT2D eigenvalue weighted by molar-refractivity contribution is 8.00. The Labute approximate surface area is 131 Å². The number of hydrogen-bond donors (Lipinski definition) is 2. The molecule has 1 fully saturated rings. The number of nitrogens with two attached hydrogens (primary N) is 1. The molecule has 0 bridgehead atoms. The fraction of sp³-hybridized carbons (Fsp3) is 0.533. The van der Waals surface area contributed by atoms with Gasteiger partial charge in [-0.3, -0.25) is 4.79 Å². The lowest BCUT2D eigenvalue weighted by molar-refractivity contribution is -0.119. The minimum Gasteiger partial charge on any atom is -0.330 e. The predicted molar refractivity (Wildman–Crippen MR) is 88.7 cm³/mol. The first-order chi connectivity index (χ1) is 9.19. The smallest absolute Gasteiger partial charge is 0.228 e. The third-order valence-electron chi connectivity index (χ3n) is 3.53. The molecule has 1 aliphatic rings. The molecule has 3 nitrogen and oxygen atoms in total. The van der Waals surface area contributed by atoms with E-state index in [9.17, 15) is 4.79 Å². The van der Waals surface area contributed by atoms with Crippen LogP contribution in [0.15, 0.2) is 29.2 Å². The minimum absolute atomic E-state index is 0. The molecule has 2 rings (SSSR count). The Morgan fingerprint density at radius 1 is 1.35 bits per heavy atom. The van der Waals surface area contributed by atoms with Gasteiger partial charge in [0.2, 0.25) is 5.91 Å². The SMILES string of the molecule is CC(CN)C(=O)Nc1ccc(SC2CCCC2)cc1.Cl. The van der Waals surface area contributed by atoms with E-state index in [4.69, 9.17) is 5.73 Å². The molecule has 0 saturated heterocycles. The lowest BCUT2D eigenvalue weighted by atomic mass is 10.1. The molecular formula is C15H23ClN2OS. The Morgan fingerprint density at radius 2 is 1.95 bits per heavy atom. The summed E-state index contributed by atoms with van der Waals surface area (Å²) in [6.45, 7) is 2.21.